The van der Waals surface area contributed by atoms with Gasteiger partial charge in [0.1, 0.15) is 5.25 Å². The van der Waals surface area contributed by atoms with Crippen LogP contribution in [-0.4, -0.2) is 64.9 Å². The number of rotatable bonds is 12. The molecule has 1 fully saturated rings. The number of carbonyl (C=O) groups excluding carboxylic acids is 3. The summed E-state index contributed by atoms with van der Waals surface area (Å²) < 4.78 is 4.61. The Morgan fingerprint density at radius 1 is 1.24 bits per heavy atom. The second-order valence-electron chi connectivity index (χ2n) is 7.61. The molecule has 10 heteroatoms. The van der Waals surface area contributed by atoms with Crippen molar-refractivity contribution < 1.29 is 19.1 Å². The topological polar surface area (TPSA) is 112 Å². The van der Waals surface area contributed by atoms with Crippen LogP contribution in [0.4, 0.5) is 0 Å². The number of nitrogens with zero attached hydrogens (tertiary/aromatic N) is 2. The van der Waals surface area contributed by atoms with Crippen molar-refractivity contribution in [1.29, 1.82) is 5.41 Å². The van der Waals surface area contributed by atoms with Gasteiger partial charge in [0.05, 0.1) is 19.1 Å². The second kappa shape index (κ2) is 14.0. The summed E-state index contributed by atoms with van der Waals surface area (Å²) in [5.74, 6) is -0.917. The third-order valence-electron chi connectivity index (χ3n) is 5.27. The number of ether oxygens (including phenoxy) is 1. The van der Waals surface area contributed by atoms with Crippen molar-refractivity contribution in [1.82, 2.24) is 10.2 Å². The van der Waals surface area contributed by atoms with Crippen LogP contribution in [0.1, 0.15) is 56.3 Å². The minimum Gasteiger partial charge on any atom is -0.469 e. The van der Waals surface area contributed by atoms with Gasteiger partial charge in [0, 0.05) is 29.6 Å². The quantitative estimate of drug-likeness (QED) is 0.149. The molecule has 1 aromatic carbocycles. The van der Waals surface area contributed by atoms with Gasteiger partial charge in [-0.15, -0.1) is 0 Å². The number of methoxy groups -OCH3 is 1. The molecule has 2 rings (SSSR count). The molecular weight excluding hydrogens is 460 g/mol. The summed E-state index contributed by atoms with van der Waals surface area (Å²) in [7, 11) is 1.31. The smallest absolute Gasteiger partial charge is 0.307 e. The highest BCUT2D eigenvalue weighted by Gasteiger charge is 2.40. The summed E-state index contributed by atoms with van der Waals surface area (Å²) in [4.78, 5) is 44.2. The normalized spacial score (nSPS) is 18.9. The molecule has 1 heterocycles. The molecule has 0 aromatic heterocycles. The molecular formula is C23H32N4O4S2. The van der Waals surface area contributed by atoms with Gasteiger partial charge in [-0.3, -0.25) is 14.4 Å². The van der Waals surface area contributed by atoms with Gasteiger partial charge >= 0.3 is 5.97 Å². The van der Waals surface area contributed by atoms with E-state index in [0.29, 0.717) is 10.7 Å². The number of carbonyl (C=O) groups is 3. The van der Waals surface area contributed by atoms with E-state index in [0.717, 1.165) is 37.1 Å². The Kier molecular flexibility index (Phi) is 11.5. The van der Waals surface area contributed by atoms with Crippen molar-refractivity contribution in [3.63, 3.8) is 0 Å². The lowest BCUT2D eigenvalue weighted by Crippen LogP contribution is -2.43. The first-order valence-electron chi connectivity index (χ1n) is 11.1. The highest BCUT2D eigenvalue weighted by atomic mass is 32.2. The molecule has 2 amide bonds. The maximum Gasteiger partial charge on any atom is 0.307 e. The number of aliphatic imine (C=N–C) groups is 1. The van der Waals surface area contributed by atoms with E-state index >= 15 is 0 Å². The van der Waals surface area contributed by atoms with Gasteiger partial charge in [0.2, 0.25) is 5.91 Å². The molecule has 0 bridgehead atoms. The fraction of sp³-hybridized carbons (Fsp3) is 0.522. The summed E-state index contributed by atoms with van der Waals surface area (Å²) in [6, 6.07) is 6.84. The fourth-order valence-corrected chi connectivity index (χ4v) is 5.09. The fourth-order valence-electron chi connectivity index (χ4n) is 3.37. The monoisotopic (exact) mass is 492 g/mol. The maximum absolute atomic E-state index is 12.8. The van der Waals surface area contributed by atoms with E-state index in [9.17, 15) is 14.4 Å². The van der Waals surface area contributed by atoms with Crippen molar-refractivity contribution in [2.24, 2.45) is 4.99 Å². The summed E-state index contributed by atoms with van der Waals surface area (Å²) in [6.07, 6.45) is 4.41. The van der Waals surface area contributed by atoms with Crippen molar-refractivity contribution in [2.75, 3.05) is 20.2 Å². The summed E-state index contributed by atoms with van der Waals surface area (Å²) in [6.45, 7) is 5.05. The average molecular weight is 493 g/mol. The van der Waals surface area contributed by atoms with Crippen molar-refractivity contribution >= 4 is 52.0 Å². The predicted octanol–water partition coefficient (Wildman–Crippen LogP) is 3.95. The van der Waals surface area contributed by atoms with Crippen LogP contribution in [-0.2, 0) is 14.3 Å². The average Bonchev–Trinajstić information content (AvgIpc) is 3.12. The Labute approximate surface area is 203 Å². The molecule has 33 heavy (non-hydrogen) atoms. The van der Waals surface area contributed by atoms with Crippen LogP contribution < -0.4 is 5.32 Å². The van der Waals surface area contributed by atoms with E-state index in [4.69, 9.17) is 5.41 Å². The number of amides is 2. The summed E-state index contributed by atoms with van der Waals surface area (Å²) >= 11 is 2.55. The van der Waals surface area contributed by atoms with E-state index in [1.807, 2.05) is 11.8 Å². The molecule has 2 atom stereocenters. The number of unbranched alkanes of at least 4 members (excludes halogenated alkanes) is 3. The van der Waals surface area contributed by atoms with Gasteiger partial charge in [-0.2, -0.15) is 4.99 Å². The van der Waals surface area contributed by atoms with Gasteiger partial charge in [0.15, 0.2) is 5.17 Å². The Balaban J connectivity index is 2.13. The Hall–Kier alpha value is -2.33. The van der Waals surface area contributed by atoms with Crippen molar-refractivity contribution in [3.8, 4) is 0 Å². The van der Waals surface area contributed by atoms with Crippen LogP contribution in [0.25, 0.3) is 0 Å². The minimum atomic E-state index is -0.424. The van der Waals surface area contributed by atoms with Crippen LogP contribution in [0.5, 0.6) is 0 Å². The van der Waals surface area contributed by atoms with Crippen LogP contribution >= 0.6 is 23.5 Å². The molecule has 0 radical (unpaired) electrons. The molecule has 0 aliphatic carbocycles. The third-order valence-corrected chi connectivity index (χ3v) is 7.33. The minimum absolute atomic E-state index is 0.112. The van der Waals surface area contributed by atoms with E-state index in [1.54, 1.807) is 24.3 Å². The first-order chi connectivity index (χ1) is 15.9. The maximum atomic E-state index is 12.8. The Bertz CT molecular complexity index is 861. The van der Waals surface area contributed by atoms with E-state index in [2.05, 4.69) is 22.0 Å². The number of hydrogen-bond acceptors (Lipinski definition) is 7. The first kappa shape index (κ1) is 26.9. The van der Waals surface area contributed by atoms with Gasteiger partial charge in [-0.05, 0) is 37.6 Å². The molecule has 1 saturated heterocycles. The number of esters is 1. The number of amidine groups is 1. The number of hydrogen-bond donors (Lipinski definition) is 2. The molecule has 1 aliphatic rings. The van der Waals surface area contributed by atoms with Gasteiger partial charge in [-0.1, -0.05) is 49.7 Å². The van der Waals surface area contributed by atoms with Crippen LogP contribution in [0.2, 0.25) is 0 Å². The van der Waals surface area contributed by atoms with Crippen molar-refractivity contribution in [2.45, 2.75) is 62.1 Å². The van der Waals surface area contributed by atoms with Crippen LogP contribution in [0.15, 0.2) is 34.2 Å². The van der Waals surface area contributed by atoms with Gasteiger partial charge < -0.3 is 20.4 Å². The lowest BCUT2D eigenvalue weighted by Gasteiger charge is -2.25. The third kappa shape index (κ3) is 8.19. The molecule has 8 nitrogen and oxygen atoms in total. The molecule has 1 aliphatic heterocycles. The first-order valence-corrected chi connectivity index (χ1v) is 12.8. The second-order valence-corrected chi connectivity index (χ2v) is 9.66. The standard InChI is InChI=1S/C23H32N4O4S2/c1-4-5-6-7-14-27-16(2)20(22(30)25-13-12-19(28)31-3)33-23(27)26-21(29)17-8-10-18(11-9-17)32-15-24/h8-11,15-16,20,24H,4-7,12-14H2,1-3H3,(H,25,30). The van der Waals surface area contributed by atoms with Gasteiger partial charge in [-0.25, -0.2) is 0 Å². The largest absolute Gasteiger partial charge is 0.469 e. The number of benzene rings is 1. The lowest BCUT2D eigenvalue weighted by atomic mass is 10.1. The highest BCUT2D eigenvalue weighted by molar-refractivity contribution is 8.15. The zero-order chi connectivity index (χ0) is 24.2. The Morgan fingerprint density at radius 2 is 1.97 bits per heavy atom. The molecule has 0 saturated carbocycles. The van der Waals surface area contributed by atoms with E-state index in [-0.39, 0.29) is 36.8 Å². The molecule has 0 spiro atoms. The van der Waals surface area contributed by atoms with E-state index in [1.165, 1.54) is 36.2 Å². The van der Waals surface area contributed by atoms with Crippen LogP contribution in [0, 0.1) is 5.41 Å². The molecule has 1 aromatic rings. The Morgan fingerprint density at radius 3 is 2.61 bits per heavy atom. The van der Waals surface area contributed by atoms with Crippen molar-refractivity contribution in [3.05, 3.63) is 29.8 Å². The number of nitrogens with one attached hydrogen (secondary N) is 2. The number of thioether (sulfide) groups is 2. The lowest BCUT2D eigenvalue weighted by molar-refractivity contribution is -0.140. The molecule has 180 valence electrons. The zero-order valence-electron chi connectivity index (χ0n) is 19.3. The SMILES string of the molecule is CCCCCCN1C(=NC(=O)c2ccc(SC=N)cc2)SC(C(=O)NCCC(=O)OC)C1C. The van der Waals surface area contributed by atoms with Gasteiger partial charge in [0.25, 0.3) is 5.91 Å². The predicted molar refractivity (Wildman–Crippen MR) is 134 cm³/mol. The summed E-state index contributed by atoms with van der Waals surface area (Å²) in [5, 5.41) is 10.1. The molecule has 2 unspecified atom stereocenters. The zero-order valence-corrected chi connectivity index (χ0v) is 21.0. The highest BCUT2D eigenvalue weighted by Crippen LogP contribution is 2.33. The van der Waals surface area contributed by atoms with E-state index < -0.39 is 5.25 Å². The van der Waals surface area contributed by atoms with Crippen LogP contribution in [0.3, 0.4) is 0 Å². The summed E-state index contributed by atoms with van der Waals surface area (Å²) in [5.41, 5.74) is 1.70. The molecule has 2 N–H and O–H groups in total.